The molecule has 1 aliphatic rings. The Hall–Kier alpha value is -3.52. The molecule has 0 aliphatic carbocycles. The average Bonchev–Trinajstić information content (AvgIpc) is 3.23. The summed E-state index contributed by atoms with van der Waals surface area (Å²) in [5, 5.41) is 4.25. The molecule has 7 nitrogen and oxygen atoms in total. The van der Waals surface area contributed by atoms with E-state index in [-0.39, 0.29) is 6.10 Å². The normalized spacial score (nSPS) is 16.4. The Balaban J connectivity index is 1.51. The predicted octanol–water partition coefficient (Wildman–Crippen LogP) is 3.97. The van der Waals surface area contributed by atoms with E-state index >= 15 is 0 Å². The fourth-order valence-corrected chi connectivity index (χ4v) is 3.88. The zero-order valence-corrected chi connectivity index (χ0v) is 17.1. The maximum Gasteiger partial charge on any atom is 0.233 e. The van der Waals surface area contributed by atoms with Crippen molar-refractivity contribution in [2.24, 2.45) is 0 Å². The minimum absolute atomic E-state index is 0.0949. The highest BCUT2D eigenvalue weighted by atomic mass is 19.1. The van der Waals surface area contributed by atoms with Gasteiger partial charge in [0.15, 0.2) is 0 Å². The van der Waals surface area contributed by atoms with Crippen LogP contribution in [-0.4, -0.2) is 46.2 Å². The summed E-state index contributed by atoms with van der Waals surface area (Å²) in [6, 6.07) is 7.30. The van der Waals surface area contributed by atoms with Crippen LogP contribution in [0.3, 0.4) is 0 Å². The lowest BCUT2D eigenvalue weighted by atomic mass is 10.0. The number of piperidine rings is 1. The third kappa shape index (κ3) is 3.94. The smallest absolute Gasteiger partial charge is 0.233 e. The number of nitrogens with one attached hydrogen (secondary N) is 2. The van der Waals surface area contributed by atoms with E-state index < -0.39 is 5.82 Å². The molecule has 1 atom stereocenters. The molecule has 158 valence electrons. The summed E-state index contributed by atoms with van der Waals surface area (Å²) in [6.45, 7) is 1.83. The van der Waals surface area contributed by atoms with Crippen LogP contribution in [0.2, 0.25) is 0 Å². The van der Waals surface area contributed by atoms with E-state index in [2.05, 4.69) is 25.3 Å². The van der Waals surface area contributed by atoms with Crippen LogP contribution in [0.5, 0.6) is 11.8 Å². The molecular formula is C23H22FN5O2. The summed E-state index contributed by atoms with van der Waals surface area (Å²) in [7, 11) is 1.51. The Labute approximate surface area is 178 Å². The molecule has 5 rings (SSSR count). The van der Waals surface area contributed by atoms with Crippen LogP contribution in [0.4, 0.5) is 4.39 Å². The van der Waals surface area contributed by atoms with E-state index in [1.807, 2.05) is 24.4 Å². The Bertz CT molecular complexity index is 1220. The fourth-order valence-electron chi connectivity index (χ4n) is 3.88. The number of halogens is 1. The monoisotopic (exact) mass is 419 g/mol. The molecule has 0 bridgehead atoms. The Morgan fingerprint density at radius 3 is 2.87 bits per heavy atom. The molecule has 0 saturated carbocycles. The number of nitrogens with zero attached hydrogens (tertiary/aromatic N) is 3. The highest BCUT2D eigenvalue weighted by Crippen LogP contribution is 2.33. The van der Waals surface area contributed by atoms with Crippen LogP contribution in [0, 0.1) is 5.82 Å². The summed E-state index contributed by atoms with van der Waals surface area (Å²) < 4.78 is 25.6. The van der Waals surface area contributed by atoms with Crippen molar-refractivity contribution >= 4 is 10.9 Å². The summed E-state index contributed by atoms with van der Waals surface area (Å²) in [6.07, 6.45) is 8.57. The second-order valence-corrected chi connectivity index (χ2v) is 7.50. The van der Waals surface area contributed by atoms with Crippen molar-refractivity contribution in [3.8, 4) is 34.1 Å². The maximum absolute atomic E-state index is 14.4. The number of fused-ring (bicyclic) bond motifs is 1. The van der Waals surface area contributed by atoms with Crippen molar-refractivity contribution in [1.29, 1.82) is 0 Å². The summed E-state index contributed by atoms with van der Waals surface area (Å²) >= 11 is 0. The topological polar surface area (TPSA) is 85.0 Å². The Morgan fingerprint density at radius 2 is 2.03 bits per heavy atom. The van der Waals surface area contributed by atoms with Gasteiger partial charge in [-0.15, -0.1) is 0 Å². The highest BCUT2D eigenvalue weighted by molar-refractivity contribution is 5.97. The van der Waals surface area contributed by atoms with Gasteiger partial charge in [0.05, 0.1) is 31.4 Å². The second kappa shape index (κ2) is 8.31. The van der Waals surface area contributed by atoms with Crippen LogP contribution in [0.1, 0.15) is 12.8 Å². The molecule has 4 aromatic rings. The number of pyridine rings is 1. The minimum atomic E-state index is -0.409. The minimum Gasteiger partial charge on any atom is -0.481 e. The molecule has 0 amide bonds. The molecule has 0 spiro atoms. The third-order valence-electron chi connectivity index (χ3n) is 5.46. The first kappa shape index (κ1) is 19.4. The number of benzene rings is 1. The lowest BCUT2D eigenvalue weighted by molar-refractivity contribution is 0.160. The average molecular weight is 419 g/mol. The summed E-state index contributed by atoms with van der Waals surface area (Å²) in [4.78, 5) is 16.2. The van der Waals surface area contributed by atoms with Gasteiger partial charge in [0, 0.05) is 40.8 Å². The van der Waals surface area contributed by atoms with E-state index in [4.69, 9.17) is 9.47 Å². The lowest BCUT2D eigenvalue weighted by Crippen LogP contribution is -2.37. The van der Waals surface area contributed by atoms with Crippen molar-refractivity contribution in [2.45, 2.75) is 18.9 Å². The molecule has 1 aromatic carbocycles. The van der Waals surface area contributed by atoms with E-state index in [9.17, 15) is 4.39 Å². The predicted molar refractivity (Wildman–Crippen MR) is 116 cm³/mol. The summed E-state index contributed by atoms with van der Waals surface area (Å²) in [5.74, 6) is 0.453. The molecular weight excluding hydrogens is 397 g/mol. The molecule has 31 heavy (non-hydrogen) atoms. The SMILES string of the molecule is COc1cc(-c2ccc3[nH]cc(-c4cncc(O[C@@H]5CCCNC5)n4)c3c2)c(F)cn1. The number of H-pyrrole nitrogens is 1. The van der Waals surface area contributed by atoms with Crippen molar-refractivity contribution in [3.05, 3.63) is 54.9 Å². The quantitative estimate of drug-likeness (QED) is 0.509. The van der Waals surface area contributed by atoms with Crippen molar-refractivity contribution in [3.63, 3.8) is 0 Å². The van der Waals surface area contributed by atoms with Crippen molar-refractivity contribution in [1.82, 2.24) is 25.3 Å². The van der Waals surface area contributed by atoms with E-state index in [0.29, 0.717) is 23.0 Å². The molecule has 1 aliphatic heterocycles. The molecule has 0 unspecified atom stereocenters. The molecule has 2 N–H and O–H groups in total. The zero-order chi connectivity index (χ0) is 21.2. The first-order chi connectivity index (χ1) is 15.2. The van der Waals surface area contributed by atoms with Gasteiger partial charge < -0.3 is 19.8 Å². The number of hydrogen-bond donors (Lipinski definition) is 2. The van der Waals surface area contributed by atoms with E-state index in [0.717, 1.165) is 48.0 Å². The summed E-state index contributed by atoms with van der Waals surface area (Å²) in [5.41, 5.74) is 3.63. The first-order valence-electron chi connectivity index (χ1n) is 10.2. The standard InChI is InChI=1S/C23H22FN5O2/c1-30-22-8-16(19(24)11-28-22)14-4-5-20-17(7-14)18(10-27-20)21-12-26-13-23(29-21)31-15-3-2-6-25-9-15/h4-5,7-8,10-13,15,25,27H,2-3,6,9H2,1H3/t15-/m1/s1. The van der Waals surface area contributed by atoms with Crippen LogP contribution in [0.15, 0.2) is 49.1 Å². The van der Waals surface area contributed by atoms with Gasteiger partial charge in [-0.05, 0) is 37.1 Å². The van der Waals surface area contributed by atoms with Gasteiger partial charge in [-0.2, -0.15) is 0 Å². The fraction of sp³-hybridized carbons (Fsp3) is 0.261. The second-order valence-electron chi connectivity index (χ2n) is 7.50. The molecule has 4 heterocycles. The Kier molecular flexibility index (Phi) is 5.21. The zero-order valence-electron chi connectivity index (χ0n) is 17.1. The van der Waals surface area contributed by atoms with Crippen LogP contribution >= 0.6 is 0 Å². The molecule has 1 saturated heterocycles. The molecule has 3 aromatic heterocycles. The molecule has 8 heteroatoms. The Morgan fingerprint density at radius 1 is 1.10 bits per heavy atom. The first-order valence-corrected chi connectivity index (χ1v) is 10.2. The molecule has 1 fully saturated rings. The van der Waals surface area contributed by atoms with E-state index in [1.54, 1.807) is 18.5 Å². The van der Waals surface area contributed by atoms with Gasteiger partial charge in [-0.3, -0.25) is 4.98 Å². The van der Waals surface area contributed by atoms with E-state index in [1.165, 1.54) is 13.3 Å². The number of aromatic nitrogens is 4. The number of aromatic amines is 1. The van der Waals surface area contributed by atoms with Crippen molar-refractivity contribution in [2.75, 3.05) is 20.2 Å². The maximum atomic E-state index is 14.4. The number of rotatable bonds is 5. The van der Waals surface area contributed by atoms with Gasteiger partial charge in [0.1, 0.15) is 11.9 Å². The van der Waals surface area contributed by atoms with Gasteiger partial charge in [-0.25, -0.2) is 14.4 Å². The van der Waals surface area contributed by atoms with Gasteiger partial charge in [0.2, 0.25) is 11.8 Å². The van der Waals surface area contributed by atoms with Crippen LogP contribution < -0.4 is 14.8 Å². The van der Waals surface area contributed by atoms with Gasteiger partial charge in [-0.1, -0.05) is 6.07 Å². The van der Waals surface area contributed by atoms with Crippen LogP contribution in [0.25, 0.3) is 33.3 Å². The third-order valence-corrected chi connectivity index (χ3v) is 5.46. The van der Waals surface area contributed by atoms with Crippen LogP contribution in [-0.2, 0) is 0 Å². The van der Waals surface area contributed by atoms with Crippen molar-refractivity contribution < 1.29 is 13.9 Å². The number of methoxy groups -OCH3 is 1. The largest absolute Gasteiger partial charge is 0.481 e. The molecule has 0 radical (unpaired) electrons. The number of ether oxygens (including phenoxy) is 2. The van der Waals surface area contributed by atoms with Gasteiger partial charge >= 0.3 is 0 Å². The highest BCUT2D eigenvalue weighted by Gasteiger charge is 2.17. The lowest BCUT2D eigenvalue weighted by Gasteiger charge is -2.23. The van der Waals surface area contributed by atoms with Gasteiger partial charge in [0.25, 0.3) is 0 Å². The number of hydrogen-bond acceptors (Lipinski definition) is 6.